The maximum atomic E-state index is 11.7. The van der Waals surface area contributed by atoms with Crippen molar-refractivity contribution in [1.82, 2.24) is 15.0 Å². The van der Waals surface area contributed by atoms with Crippen LogP contribution < -0.4 is 0 Å². The van der Waals surface area contributed by atoms with Crippen LogP contribution in [0.4, 0.5) is 0 Å². The van der Waals surface area contributed by atoms with Crippen LogP contribution in [-0.4, -0.2) is 50.9 Å². The van der Waals surface area contributed by atoms with Gasteiger partial charge in [-0.3, -0.25) is 4.79 Å². The van der Waals surface area contributed by atoms with E-state index in [0.717, 1.165) is 0 Å². The third-order valence-corrected chi connectivity index (χ3v) is 2.87. The zero-order valence-corrected chi connectivity index (χ0v) is 13.6. The first-order chi connectivity index (χ1) is 10.1. The highest BCUT2D eigenvalue weighted by Gasteiger charge is 2.23. The minimum Gasteiger partial charge on any atom is -0.464 e. The van der Waals surface area contributed by atoms with Gasteiger partial charge in [-0.05, 0) is 26.7 Å². The Hall–Kier alpha value is -1.96. The molecule has 0 aliphatic rings. The van der Waals surface area contributed by atoms with Crippen LogP contribution in [-0.2, 0) is 20.8 Å². The Morgan fingerprint density at radius 2 is 2.05 bits per heavy atom. The van der Waals surface area contributed by atoms with E-state index in [1.165, 1.54) is 18.0 Å². The minimum absolute atomic E-state index is 0.0643. The van der Waals surface area contributed by atoms with Crippen LogP contribution in [0, 0.1) is 5.92 Å². The summed E-state index contributed by atoms with van der Waals surface area (Å²) >= 11 is 0. The molecule has 0 fully saturated rings. The van der Waals surface area contributed by atoms with Crippen LogP contribution in [0.15, 0.2) is 6.20 Å². The Kier molecular flexibility index (Phi) is 6.04. The summed E-state index contributed by atoms with van der Waals surface area (Å²) in [5, 5.41) is 17.5. The normalized spacial score (nSPS) is 14.3. The molecule has 0 spiro atoms. The van der Waals surface area contributed by atoms with Crippen LogP contribution in [0.1, 0.15) is 44.6 Å². The van der Waals surface area contributed by atoms with Crippen molar-refractivity contribution in [3.63, 3.8) is 0 Å². The smallest absolute Gasteiger partial charge is 0.360 e. The second-order valence-electron chi connectivity index (χ2n) is 6.15. The fourth-order valence-electron chi connectivity index (χ4n) is 1.74. The Labute approximate surface area is 129 Å². The number of aliphatic hydroxyl groups is 1. The van der Waals surface area contributed by atoms with Crippen LogP contribution in [0.5, 0.6) is 0 Å². The highest BCUT2D eigenvalue weighted by atomic mass is 16.6. The summed E-state index contributed by atoms with van der Waals surface area (Å²) in [6.07, 6.45) is 0.659. The molecule has 0 amide bonds. The van der Waals surface area contributed by atoms with Crippen molar-refractivity contribution in [3.05, 3.63) is 11.9 Å². The molecule has 0 aliphatic carbocycles. The largest absolute Gasteiger partial charge is 0.464 e. The lowest BCUT2D eigenvalue weighted by molar-refractivity contribution is -0.156. The third kappa shape index (κ3) is 5.80. The molecule has 124 valence electrons. The first kappa shape index (κ1) is 18.1. The van der Waals surface area contributed by atoms with E-state index in [-0.39, 0.29) is 30.5 Å². The predicted molar refractivity (Wildman–Crippen MR) is 77.0 cm³/mol. The number of methoxy groups -OCH3 is 1. The Morgan fingerprint density at radius 3 is 2.59 bits per heavy atom. The highest BCUT2D eigenvalue weighted by Crippen LogP contribution is 2.15. The van der Waals surface area contributed by atoms with Gasteiger partial charge in [-0.1, -0.05) is 12.1 Å². The molecule has 0 saturated heterocycles. The molecule has 1 unspecified atom stereocenters. The molecule has 0 bridgehead atoms. The molecule has 1 N–H and O–H groups in total. The molecule has 1 heterocycles. The van der Waals surface area contributed by atoms with E-state index < -0.39 is 17.7 Å². The molecule has 22 heavy (non-hydrogen) atoms. The second kappa shape index (κ2) is 7.35. The maximum absolute atomic E-state index is 11.7. The average molecular weight is 313 g/mol. The lowest BCUT2D eigenvalue weighted by atomic mass is 10.0. The highest BCUT2D eigenvalue weighted by molar-refractivity contribution is 5.86. The molecule has 1 aromatic heterocycles. The Morgan fingerprint density at radius 1 is 1.41 bits per heavy atom. The number of ether oxygens (including phenoxy) is 2. The van der Waals surface area contributed by atoms with E-state index in [1.54, 1.807) is 27.7 Å². The van der Waals surface area contributed by atoms with E-state index in [2.05, 4.69) is 15.0 Å². The standard InChI is InChI=1S/C14H23N3O5/c1-9(6-12(19)22-14(2,3)4)11(18)8-17-7-10(15-16-17)13(20)21-5/h7,9,11,18H,6,8H2,1-5H3/t9-,11?/m1/s1. The summed E-state index contributed by atoms with van der Waals surface area (Å²) < 4.78 is 11.1. The molecule has 1 aromatic rings. The number of hydrogen-bond acceptors (Lipinski definition) is 7. The summed E-state index contributed by atoms with van der Waals surface area (Å²) in [5.74, 6) is -1.28. The molecule has 1 rings (SSSR count). The monoisotopic (exact) mass is 313 g/mol. The first-order valence-corrected chi connectivity index (χ1v) is 7.00. The quantitative estimate of drug-likeness (QED) is 0.774. The summed E-state index contributed by atoms with van der Waals surface area (Å²) in [4.78, 5) is 23.0. The number of esters is 2. The van der Waals surface area contributed by atoms with Crippen molar-refractivity contribution >= 4 is 11.9 Å². The molecule has 8 heteroatoms. The van der Waals surface area contributed by atoms with E-state index >= 15 is 0 Å². The van der Waals surface area contributed by atoms with Gasteiger partial charge in [0.1, 0.15) is 5.60 Å². The lowest BCUT2D eigenvalue weighted by Crippen LogP contribution is -2.30. The molecular weight excluding hydrogens is 290 g/mol. The number of hydrogen-bond donors (Lipinski definition) is 1. The number of carbonyl (C=O) groups is 2. The fourth-order valence-corrected chi connectivity index (χ4v) is 1.74. The maximum Gasteiger partial charge on any atom is 0.360 e. The van der Waals surface area contributed by atoms with Gasteiger partial charge >= 0.3 is 11.9 Å². The zero-order chi connectivity index (χ0) is 16.9. The van der Waals surface area contributed by atoms with Crippen molar-refractivity contribution in [2.45, 2.75) is 52.4 Å². The van der Waals surface area contributed by atoms with Crippen LogP contribution in [0.3, 0.4) is 0 Å². The van der Waals surface area contributed by atoms with E-state index in [9.17, 15) is 14.7 Å². The molecular formula is C14H23N3O5. The van der Waals surface area contributed by atoms with Gasteiger partial charge in [0.2, 0.25) is 0 Å². The van der Waals surface area contributed by atoms with Crippen LogP contribution in [0.2, 0.25) is 0 Å². The summed E-state index contributed by atoms with van der Waals surface area (Å²) in [6.45, 7) is 7.22. The zero-order valence-electron chi connectivity index (χ0n) is 13.6. The SMILES string of the molecule is COC(=O)c1cn(CC(O)[C@H](C)CC(=O)OC(C)(C)C)nn1. The lowest BCUT2D eigenvalue weighted by Gasteiger charge is -2.22. The van der Waals surface area contributed by atoms with Crippen molar-refractivity contribution in [2.75, 3.05) is 7.11 Å². The molecule has 0 saturated carbocycles. The van der Waals surface area contributed by atoms with Crippen molar-refractivity contribution in [1.29, 1.82) is 0 Å². The second-order valence-corrected chi connectivity index (χ2v) is 6.15. The first-order valence-electron chi connectivity index (χ1n) is 7.00. The van der Waals surface area contributed by atoms with Gasteiger partial charge in [-0.2, -0.15) is 0 Å². The van der Waals surface area contributed by atoms with Gasteiger partial charge < -0.3 is 14.6 Å². The molecule has 0 aromatic carbocycles. The molecule has 0 radical (unpaired) electrons. The average Bonchev–Trinajstić information content (AvgIpc) is 2.83. The number of rotatable bonds is 6. The minimum atomic E-state index is -0.820. The number of aliphatic hydroxyl groups excluding tert-OH is 1. The number of nitrogens with zero attached hydrogens (tertiary/aromatic N) is 3. The summed E-state index contributed by atoms with van der Waals surface area (Å²) in [7, 11) is 1.25. The third-order valence-electron chi connectivity index (χ3n) is 2.87. The Balaban J connectivity index is 2.53. The van der Waals surface area contributed by atoms with E-state index in [0.29, 0.717) is 0 Å². The van der Waals surface area contributed by atoms with Gasteiger partial charge in [0.15, 0.2) is 5.69 Å². The molecule has 0 aliphatic heterocycles. The summed E-state index contributed by atoms with van der Waals surface area (Å²) in [5.41, 5.74) is -0.488. The Bertz CT molecular complexity index is 521. The van der Waals surface area contributed by atoms with Crippen LogP contribution in [0.25, 0.3) is 0 Å². The fraction of sp³-hybridized carbons (Fsp3) is 0.714. The van der Waals surface area contributed by atoms with Gasteiger partial charge in [0, 0.05) is 0 Å². The topological polar surface area (TPSA) is 104 Å². The molecule has 8 nitrogen and oxygen atoms in total. The number of carbonyl (C=O) groups excluding carboxylic acids is 2. The molecule has 2 atom stereocenters. The van der Waals surface area contributed by atoms with Crippen molar-refractivity contribution in [2.24, 2.45) is 5.92 Å². The van der Waals surface area contributed by atoms with E-state index in [4.69, 9.17) is 4.74 Å². The van der Waals surface area contributed by atoms with Gasteiger partial charge in [0.25, 0.3) is 0 Å². The van der Waals surface area contributed by atoms with Crippen molar-refractivity contribution < 1.29 is 24.2 Å². The van der Waals surface area contributed by atoms with Crippen LogP contribution >= 0.6 is 0 Å². The summed E-state index contributed by atoms with van der Waals surface area (Å²) in [6, 6.07) is 0. The predicted octanol–water partition coefficient (Wildman–Crippen LogP) is 0.793. The van der Waals surface area contributed by atoms with Gasteiger partial charge in [0.05, 0.1) is 32.4 Å². The van der Waals surface area contributed by atoms with Gasteiger partial charge in [-0.25, -0.2) is 9.48 Å². The van der Waals surface area contributed by atoms with Crippen molar-refractivity contribution in [3.8, 4) is 0 Å². The van der Waals surface area contributed by atoms with Gasteiger partial charge in [-0.15, -0.1) is 5.10 Å². The van der Waals surface area contributed by atoms with E-state index in [1.807, 2.05) is 0 Å². The number of aromatic nitrogens is 3.